The molecule has 0 saturated heterocycles. The number of nitrogens with zero attached hydrogens (tertiary/aromatic N) is 1. The van der Waals surface area contributed by atoms with Gasteiger partial charge in [-0.05, 0) is 11.1 Å². The summed E-state index contributed by atoms with van der Waals surface area (Å²) in [6, 6.07) is 20.5. The molecule has 0 bridgehead atoms. The van der Waals surface area contributed by atoms with Crippen molar-refractivity contribution >= 4 is 23.3 Å². The van der Waals surface area contributed by atoms with Gasteiger partial charge in [0.25, 0.3) is 5.69 Å². The molecule has 3 rings (SSSR count). The van der Waals surface area contributed by atoms with E-state index in [-0.39, 0.29) is 24.3 Å². The maximum absolute atomic E-state index is 12.5. The molecule has 0 aliphatic carbocycles. The van der Waals surface area contributed by atoms with Crippen molar-refractivity contribution in [1.82, 2.24) is 5.32 Å². The Morgan fingerprint density at radius 3 is 2.21 bits per heavy atom. The molecule has 8 nitrogen and oxygen atoms in total. The number of carbonyl (C=O) groups is 3. The number of hydrogen-bond acceptors (Lipinski definition) is 6. The molecule has 33 heavy (non-hydrogen) atoms. The Bertz CT molecular complexity index is 1160. The lowest BCUT2D eigenvalue weighted by atomic mass is 9.99. The van der Waals surface area contributed by atoms with Crippen molar-refractivity contribution in [3.8, 4) is 0 Å². The SMILES string of the molecule is COC(=O)[C@H](Cc1ccc(C(=O)c2ccccc2)cc1)NC(=O)Cc1cccc([N+](=O)[O-])c1. The molecule has 0 aliphatic heterocycles. The van der Waals surface area contributed by atoms with E-state index >= 15 is 0 Å². The summed E-state index contributed by atoms with van der Waals surface area (Å²) in [7, 11) is 1.23. The van der Waals surface area contributed by atoms with Gasteiger partial charge in [0.05, 0.1) is 18.5 Å². The summed E-state index contributed by atoms with van der Waals surface area (Å²) in [6.07, 6.45) is 0.0346. The van der Waals surface area contributed by atoms with Crippen molar-refractivity contribution < 1.29 is 24.0 Å². The Balaban J connectivity index is 1.67. The Labute approximate surface area is 190 Å². The largest absolute Gasteiger partial charge is 0.467 e. The standard InChI is InChI=1S/C25H22N2O6/c1-33-25(30)22(26-23(28)16-18-6-5-9-21(14-18)27(31)32)15-17-10-12-20(13-11-17)24(29)19-7-3-2-4-8-19/h2-14,22H,15-16H2,1H3,(H,26,28)/t22-/m0/s1. The molecule has 1 amide bonds. The number of hydrogen-bond donors (Lipinski definition) is 1. The van der Waals surface area contributed by atoms with Crippen LogP contribution in [0.2, 0.25) is 0 Å². The number of amides is 1. The molecule has 0 radical (unpaired) electrons. The number of carbonyl (C=O) groups excluding carboxylic acids is 3. The quantitative estimate of drug-likeness (QED) is 0.233. The minimum Gasteiger partial charge on any atom is -0.467 e. The van der Waals surface area contributed by atoms with Crippen LogP contribution < -0.4 is 5.32 Å². The molecule has 0 fully saturated rings. The van der Waals surface area contributed by atoms with Gasteiger partial charge >= 0.3 is 5.97 Å². The number of nitro benzene ring substituents is 1. The minimum absolute atomic E-state index is 0.114. The van der Waals surface area contributed by atoms with Crippen LogP contribution in [0.25, 0.3) is 0 Å². The third kappa shape index (κ3) is 6.33. The molecule has 1 N–H and O–H groups in total. The van der Waals surface area contributed by atoms with Crippen molar-refractivity contribution in [2.45, 2.75) is 18.9 Å². The Hall–Kier alpha value is -4.33. The highest BCUT2D eigenvalue weighted by Crippen LogP contribution is 2.15. The molecule has 3 aromatic carbocycles. The first-order valence-electron chi connectivity index (χ1n) is 10.2. The van der Waals surface area contributed by atoms with E-state index < -0.39 is 22.8 Å². The molecule has 8 heteroatoms. The van der Waals surface area contributed by atoms with Gasteiger partial charge < -0.3 is 10.1 Å². The lowest BCUT2D eigenvalue weighted by Crippen LogP contribution is -2.43. The average Bonchev–Trinajstić information content (AvgIpc) is 2.83. The fraction of sp³-hybridized carbons (Fsp3) is 0.160. The van der Waals surface area contributed by atoms with Gasteiger partial charge in [0.2, 0.25) is 5.91 Å². The van der Waals surface area contributed by atoms with Gasteiger partial charge in [-0.1, -0.05) is 66.7 Å². The van der Waals surface area contributed by atoms with Gasteiger partial charge in [-0.2, -0.15) is 0 Å². The number of ketones is 1. The zero-order valence-corrected chi connectivity index (χ0v) is 17.9. The number of esters is 1. The smallest absolute Gasteiger partial charge is 0.328 e. The Kier molecular flexibility index (Phi) is 7.64. The molecule has 168 valence electrons. The molecule has 0 aromatic heterocycles. The molecule has 0 heterocycles. The number of rotatable bonds is 9. The monoisotopic (exact) mass is 446 g/mol. The Morgan fingerprint density at radius 1 is 0.909 bits per heavy atom. The van der Waals surface area contributed by atoms with Crippen LogP contribution in [0.3, 0.4) is 0 Å². The summed E-state index contributed by atoms with van der Waals surface area (Å²) in [5.74, 6) is -1.20. The maximum Gasteiger partial charge on any atom is 0.328 e. The molecular formula is C25H22N2O6. The number of methoxy groups -OCH3 is 1. The van der Waals surface area contributed by atoms with E-state index in [0.717, 1.165) is 5.56 Å². The first-order chi connectivity index (χ1) is 15.9. The van der Waals surface area contributed by atoms with Crippen LogP contribution in [0.15, 0.2) is 78.9 Å². The van der Waals surface area contributed by atoms with Gasteiger partial charge in [-0.15, -0.1) is 0 Å². The normalized spacial score (nSPS) is 11.3. The van der Waals surface area contributed by atoms with Crippen molar-refractivity contribution in [3.05, 3.63) is 111 Å². The molecular weight excluding hydrogens is 424 g/mol. The third-order valence-corrected chi connectivity index (χ3v) is 5.00. The second-order valence-electron chi connectivity index (χ2n) is 7.34. The van der Waals surface area contributed by atoms with Crippen molar-refractivity contribution in [2.24, 2.45) is 0 Å². The van der Waals surface area contributed by atoms with Crippen LogP contribution in [0.1, 0.15) is 27.0 Å². The van der Waals surface area contributed by atoms with Gasteiger partial charge in [-0.25, -0.2) is 4.79 Å². The summed E-state index contributed by atoms with van der Waals surface area (Å²) >= 11 is 0. The molecule has 0 aliphatic rings. The van der Waals surface area contributed by atoms with Crippen LogP contribution in [0.4, 0.5) is 5.69 Å². The lowest BCUT2D eigenvalue weighted by Gasteiger charge is -2.17. The van der Waals surface area contributed by atoms with E-state index in [4.69, 9.17) is 4.74 Å². The van der Waals surface area contributed by atoms with E-state index in [1.807, 2.05) is 6.07 Å². The van der Waals surface area contributed by atoms with Crippen molar-refractivity contribution in [1.29, 1.82) is 0 Å². The minimum atomic E-state index is -0.947. The van der Waals surface area contributed by atoms with Gasteiger partial charge in [-0.3, -0.25) is 19.7 Å². The highest BCUT2D eigenvalue weighted by atomic mass is 16.6. The topological polar surface area (TPSA) is 116 Å². The zero-order chi connectivity index (χ0) is 23.8. The summed E-state index contributed by atoms with van der Waals surface area (Å²) < 4.78 is 4.81. The van der Waals surface area contributed by atoms with Crippen LogP contribution >= 0.6 is 0 Å². The van der Waals surface area contributed by atoms with Crippen LogP contribution in [0.5, 0.6) is 0 Å². The van der Waals surface area contributed by atoms with Crippen LogP contribution in [0, 0.1) is 10.1 Å². The fourth-order valence-electron chi connectivity index (χ4n) is 3.33. The van der Waals surface area contributed by atoms with E-state index in [1.54, 1.807) is 54.6 Å². The van der Waals surface area contributed by atoms with Gasteiger partial charge in [0.15, 0.2) is 5.78 Å². The summed E-state index contributed by atoms with van der Waals surface area (Å²) in [6.45, 7) is 0. The van der Waals surface area contributed by atoms with Crippen molar-refractivity contribution in [3.63, 3.8) is 0 Å². The number of benzene rings is 3. The summed E-state index contributed by atoms with van der Waals surface area (Å²) in [5, 5.41) is 13.5. The predicted octanol–water partition coefficient (Wildman–Crippen LogP) is 3.27. The highest BCUT2D eigenvalue weighted by molar-refractivity contribution is 6.08. The van der Waals surface area contributed by atoms with E-state index in [0.29, 0.717) is 16.7 Å². The molecule has 1 atom stereocenters. The average molecular weight is 446 g/mol. The predicted molar refractivity (Wildman–Crippen MR) is 121 cm³/mol. The first-order valence-corrected chi connectivity index (χ1v) is 10.2. The third-order valence-electron chi connectivity index (χ3n) is 5.00. The zero-order valence-electron chi connectivity index (χ0n) is 17.9. The fourth-order valence-corrected chi connectivity index (χ4v) is 3.33. The van der Waals surface area contributed by atoms with Crippen molar-refractivity contribution in [2.75, 3.05) is 7.11 Å². The van der Waals surface area contributed by atoms with E-state index in [1.165, 1.54) is 25.3 Å². The van der Waals surface area contributed by atoms with Crippen LogP contribution in [-0.2, 0) is 27.2 Å². The number of nitrogens with one attached hydrogen (secondary N) is 1. The number of non-ortho nitro benzene ring substituents is 1. The Morgan fingerprint density at radius 2 is 1.58 bits per heavy atom. The lowest BCUT2D eigenvalue weighted by molar-refractivity contribution is -0.384. The molecule has 0 saturated carbocycles. The molecule has 0 spiro atoms. The van der Waals surface area contributed by atoms with E-state index in [2.05, 4.69) is 5.32 Å². The van der Waals surface area contributed by atoms with Gasteiger partial charge in [0, 0.05) is 29.7 Å². The van der Waals surface area contributed by atoms with Crippen LogP contribution in [-0.4, -0.2) is 35.7 Å². The second kappa shape index (κ2) is 10.8. The maximum atomic E-state index is 12.5. The van der Waals surface area contributed by atoms with E-state index in [9.17, 15) is 24.5 Å². The van der Waals surface area contributed by atoms with Gasteiger partial charge in [0.1, 0.15) is 6.04 Å². The molecule has 3 aromatic rings. The summed E-state index contributed by atoms with van der Waals surface area (Å²) in [5.41, 5.74) is 2.15. The number of ether oxygens (including phenoxy) is 1. The second-order valence-corrected chi connectivity index (χ2v) is 7.34. The summed E-state index contributed by atoms with van der Waals surface area (Å²) in [4.78, 5) is 47.6. The highest BCUT2D eigenvalue weighted by Gasteiger charge is 2.22. The first kappa shape index (κ1) is 23.3. The number of nitro groups is 1. The molecule has 0 unspecified atom stereocenters.